The number of ether oxygens (including phenoxy) is 1. The number of carbonyl (C=O) groups excluding carboxylic acids is 1. The maximum Gasteiger partial charge on any atom is 0.248 e. The van der Waals surface area contributed by atoms with Gasteiger partial charge < -0.3 is 15.6 Å². The molecule has 1 amide bonds. The molecule has 0 heterocycles. The van der Waals surface area contributed by atoms with Gasteiger partial charge in [0.15, 0.2) is 0 Å². The highest BCUT2D eigenvalue weighted by molar-refractivity contribution is 9.09. The summed E-state index contributed by atoms with van der Waals surface area (Å²) in [6, 6.07) is 14.3. The van der Waals surface area contributed by atoms with E-state index in [9.17, 15) is 9.90 Å². The fourth-order valence-corrected chi connectivity index (χ4v) is 7.47. The fraction of sp³-hybridized carbons (Fsp3) is 0.536. The Morgan fingerprint density at radius 2 is 2.09 bits per heavy atom. The van der Waals surface area contributed by atoms with Crippen LogP contribution in [0.15, 0.2) is 42.5 Å². The minimum absolute atomic E-state index is 0.0242. The second kappa shape index (κ2) is 9.07. The Hall–Kier alpha value is -1.85. The van der Waals surface area contributed by atoms with Gasteiger partial charge in [0, 0.05) is 10.9 Å². The predicted octanol–water partition coefficient (Wildman–Crippen LogP) is 5.25. The topological polar surface area (TPSA) is 72.5 Å². The number of halogens is 1. The van der Waals surface area contributed by atoms with Crippen molar-refractivity contribution in [2.75, 3.05) is 11.9 Å². The zero-order chi connectivity index (χ0) is 23.2. The number of fused-ring (bicyclic) bond motifs is 5. The monoisotopic (exact) mass is 511 g/mol. The lowest BCUT2D eigenvalue weighted by Crippen LogP contribution is -2.44. The molecule has 5 heteroatoms. The van der Waals surface area contributed by atoms with E-state index in [2.05, 4.69) is 47.1 Å². The number of hydrogen-bond acceptors (Lipinski definition) is 3. The molecule has 0 bridgehead atoms. The quantitative estimate of drug-likeness (QED) is 0.520. The van der Waals surface area contributed by atoms with Gasteiger partial charge in [-0.2, -0.15) is 0 Å². The molecule has 3 aliphatic carbocycles. The number of aryl methyl sites for hydroxylation is 1. The number of amides is 1. The minimum Gasteiger partial charge on any atom is -0.493 e. The summed E-state index contributed by atoms with van der Waals surface area (Å²) in [4.78, 5) is 11.6. The van der Waals surface area contributed by atoms with E-state index in [0.29, 0.717) is 29.9 Å². The molecule has 2 aromatic rings. The number of rotatable bonds is 6. The molecule has 0 saturated heterocycles. The predicted molar refractivity (Wildman–Crippen MR) is 134 cm³/mol. The van der Waals surface area contributed by atoms with Crippen molar-refractivity contribution in [1.82, 2.24) is 0 Å². The number of primary amides is 1. The van der Waals surface area contributed by atoms with Crippen molar-refractivity contribution in [3.05, 3.63) is 64.7 Å². The van der Waals surface area contributed by atoms with Crippen molar-refractivity contribution >= 4 is 21.8 Å². The summed E-state index contributed by atoms with van der Waals surface area (Å²) in [5.74, 6) is 2.55. The lowest BCUT2D eigenvalue weighted by Gasteiger charge is -2.50. The van der Waals surface area contributed by atoms with Gasteiger partial charge in [-0.1, -0.05) is 41.1 Å². The molecule has 3 N–H and O–H groups in total. The molecule has 2 aromatic carbocycles. The SMILES string of the molecule is C[C@]12CCC3c4ccc(OCCBr)cc4CCC3C1C[C@H](Cc1cccc(C(N)=O)c1)[C@@H]2O. The first-order chi connectivity index (χ1) is 15.9. The second-order valence-corrected chi connectivity index (χ2v) is 11.4. The molecule has 0 aliphatic heterocycles. The molecule has 3 aliphatic rings. The van der Waals surface area contributed by atoms with Crippen LogP contribution >= 0.6 is 15.9 Å². The molecular formula is C28H34BrNO3. The maximum atomic E-state index is 11.6. The summed E-state index contributed by atoms with van der Waals surface area (Å²) >= 11 is 3.43. The van der Waals surface area contributed by atoms with E-state index in [0.717, 1.165) is 48.7 Å². The molecule has 0 radical (unpaired) electrons. The van der Waals surface area contributed by atoms with E-state index in [1.165, 1.54) is 17.5 Å². The van der Waals surface area contributed by atoms with Crippen molar-refractivity contribution < 1.29 is 14.6 Å². The Balaban J connectivity index is 1.36. The highest BCUT2D eigenvalue weighted by atomic mass is 79.9. The molecule has 5 rings (SSSR count). The van der Waals surface area contributed by atoms with Crippen molar-refractivity contribution in [3.8, 4) is 5.75 Å². The molecule has 2 fully saturated rings. The zero-order valence-corrected chi connectivity index (χ0v) is 20.9. The average molecular weight is 512 g/mol. The largest absolute Gasteiger partial charge is 0.493 e. The standard InChI is InChI=1S/C28H34BrNO3/c1-28-10-9-23-22-8-6-21(33-12-11-29)15-18(22)5-7-24(23)25(28)16-20(26(28)31)14-17-3-2-4-19(13-17)27(30)32/h2-4,6,8,13,15,20,23-26,31H,5,7,9-12,14,16H2,1H3,(H2,30,32)/t20-,23?,24?,25?,26-,28-/m0/s1. The first-order valence-corrected chi connectivity index (χ1v) is 13.4. The molecule has 4 nitrogen and oxygen atoms in total. The van der Waals surface area contributed by atoms with Gasteiger partial charge in [-0.3, -0.25) is 4.79 Å². The lowest BCUT2D eigenvalue weighted by molar-refractivity contribution is -0.0325. The first kappa shape index (κ1) is 22.9. The summed E-state index contributed by atoms with van der Waals surface area (Å²) in [7, 11) is 0. The van der Waals surface area contributed by atoms with E-state index in [1.807, 2.05) is 12.1 Å². The van der Waals surface area contributed by atoms with Gasteiger partial charge >= 0.3 is 0 Å². The molecular weight excluding hydrogens is 478 g/mol. The molecule has 2 saturated carbocycles. The Morgan fingerprint density at radius 1 is 1.24 bits per heavy atom. The van der Waals surface area contributed by atoms with E-state index in [4.69, 9.17) is 10.5 Å². The maximum absolute atomic E-state index is 11.6. The Kier molecular flexibility index (Phi) is 6.30. The van der Waals surface area contributed by atoms with Gasteiger partial charge in [0.05, 0.1) is 12.7 Å². The van der Waals surface area contributed by atoms with Crippen LogP contribution in [0, 0.1) is 23.2 Å². The molecule has 3 unspecified atom stereocenters. The Morgan fingerprint density at radius 3 is 2.88 bits per heavy atom. The van der Waals surface area contributed by atoms with Crippen LogP contribution in [0.4, 0.5) is 0 Å². The lowest BCUT2D eigenvalue weighted by atomic mass is 9.55. The van der Waals surface area contributed by atoms with Gasteiger partial charge in [0.25, 0.3) is 0 Å². The molecule has 6 atom stereocenters. The summed E-state index contributed by atoms with van der Waals surface area (Å²) < 4.78 is 5.84. The number of benzene rings is 2. The summed E-state index contributed by atoms with van der Waals surface area (Å²) in [5.41, 5.74) is 10.1. The van der Waals surface area contributed by atoms with Crippen molar-refractivity contribution in [1.29, 1.82) is 0 Å². The summed E-state index contributed by atoms with van der Waals surface area (Å²) in [5, 5.41) is 12.3. The first-order valence-electron chi connectivity index (χ1n) is 12.3. The van der Waals surface area contributed by atoms with E-state index in [1.54, 1.807) is 6.07 Å². The Labute approximate surface area is 205 Å². The van der Waals surface area contributed by atoms with E-state index < -0.39 is 5.91 Å². The van der Waals surface area contributed by atoms with Crippen LogP contribution in [-0.2, 0) is 12.8 Å². The number of carbonyl (C=O) groups is 1. The third kappa shape index (κ3) is 4.12. The van der Waals surface area contributed by atoms with Crippen molar-refractivity contribution in [3.63, 3.8) is 0 Å². The number of nitrogens with two attached hydrogens (primary N) is 1. The highest BCUT2D eigenvalue weighted by Crippen LogP contribution is 2.62. The normalized spacial score (nSPS) is 32.5. The minimum atomic E-state index is -0.395. The van der Waals surface area contributed by atoms with Gasteiger partial charge in [-0.25, -0.2) is 0 Å². The van der Waals surface area contributed by atoms with Crippen LogP contribution in [0.1, 0.15) is 65.6 Å². The molecule has 0 aromatic heterocycles. The smallest absolute Gasteiger partial charge is 0.248 e. The summed E-state index contributed by atoms with van der Waals surface area (Å²) in [6.07, 6.45) is 6.05. The average Bonchev–Trinajstić information content (AvgIpc) is 3.07. The zero-order valence-electron chi connectivity index (χ0n) is 19.3. The number of hydrogen-bond donors (Lipinski definition) is 2. The molecule has 33 heavy (non-hydrogen) atoms. The summed E-state index contributed by atoms with van der Waals surface area (Å²) in [6.45, 7) is 3.01. The van der Waals surface area contributed by atoms with E-state index in [-0.39, 0.29) is 17.4 Å². The van der Waals surface area contributed by atoms with Crippen LogP contribution in [0.5, 0.6) is 5.75 Å². The van der Waals surface area contributed by atoms with Gasteiger partial charge in [0.1, 0.15) is 5.75 Å². The molecule has 176 valence electrons. The van der Waals surface area contributed by atoms with Crippen LogP contribution in [-0.4, -0.2) is 29.1 Å². The highest BCUT2D eigenvalue weighted by Gasteiger charge is 2.57. The number of aliphatic hydroxyl groups excluding tert-OH is 1. The van der Waals surface area contributed by atoms with E-state index >= 15 is 0 Å². The van der Waals surface area contributed by atoms with Crippen LogP contribution in [0.25, 0.3) is 0 Å². The number of alkyl halides is 1. The van der Waals surface area contributed by atoms with Gasteiger partial charge in [0.2, 0.25) is 5.91 Å². The number of aliphatic hydroxyl groups is 1. The van der Waals surface area contributed by atoms with Gasteiger partial charge in [-0.05, 0) is 109 Å². The van der Waals surface area contributed by atoms with Crippen LogP contribution < -0.4 is 10.5 Å². The fourth-order valence-electron chi connectivity index (χ4n) is 7.31. The van der Waals surface area contributed by atoms with Crippen molar-refractivity contribution in [2.24, 2.45) is 28.9 Å². The van der Waals surface area contributed by atoms with Crippen molar-refractivity contribution in [2.45, 2.75) is 57.5 Å². The van der Waals surface area contributed by atoms with Crippen LogP contribution in [0.3, 0.4) is 0 Å². The third-order valence-electron chi connectivity index (χ3n) is 8.87. The molecule has 0 spiro atoms. The Bertz CT molecular complexity index is 1040. The third-order valence-corrected chi connectivity index (χ3v) is 9.19. The second-order valence-electron chi connectivity index (χ2n) is 10.6. The van der Waals surface area contributed by atoms with Gasteiger partial charge in [-0.15, -0.1) is 0 Å². The van der Waals surface area contributed by atoms with Crippen LogP contribution in [0.2, 0.25) is 0 Å².